The summed E-state index contributed by atoms with van der Waals surface area (Å²) in [4.78, 5) is 39.0. The maximum absolute atomic E-state index is 12.7. The number of anilines is 4. The zero-order valence-corrected chi connectivity index (χ0v) is 25.8. The Balaban J connectivity index is 0.900. The molecule has 12 heteroatoms. The second kappa shape index (κ2) is 13.6. The van der Waals surface area contributed by atoms with Gasteiger partial charge in [0.25, 0.3) is 0 Å². The van der Waals surface area contributed by atoms with Crippen molar-refractivity contribution in [2.24, 2.45) is 0 Å². The van der Waals surface area contributed by atoms with Crippen molar-refractivity contribution in [2.45, 2.75) is 63.2 Å². The van der Waals surface area contributed by atoms with E-state index in [2.05, 4.69) is 50.8 Å². The van der Waals surface area contributed by atoms with Crippen LogP contribution in [0.15, 0.2) is 60.7 Å². The van der Waals surface area contributed by atoms with Crippen molar-refractivity contribution in [3.8, 4) is 0 Å². The number of hydrogen-bond acceptors (Lipinski definition) is 10. The predicted molar refractivity (Wildman–Crippen MR) is 175 cm³/mol. The molecular weight excluding hydrogens is 580 g/mol. The third kappa shape index (κ3) is 7.11. The number of nitrogens with one attached hydrogen (secondary N) is 2. The summed E-state index contributed by atoms with van der Waals surface area (Å²) in [6, 6.07) is 19.2. The highest BCUT2D eigenvalue weighted by atomic mass is 16.2. The molecule has 0 bridgehead atoms. The molecule has 4 aromatic rings. The van der Waals surface area contributed by atoms with E-state index in [0.29, 0.717) is 11.6 Å². The van der Waals surface area contributed by atoms with Crippen LogP contribution < -0.4 is 20.4 Å². The Morgan fingerprint density at radius 2 is 1.09 bits per heavy atom. The highest BCUT2D eigenvalue weighted by molar-refractivity contribution is 5.91. The van der Waals surface area contributed by atoms with Crippen LogP contribution >= 0.6 is 0 Å². The summed E-state index contributed by atoms with van der Waals surface area (Å²) < 4.78 is 0. The molecule has 0 aromatic carbocycles. The molecule has 2 N–H and O–H groups in total. The molecule has 46 heavy (non-hydrogen) atoms. The van der Waals surface area contributed by atoms with Crippen LogP contribution in [-0.2, 0) is 22.4 Å². The van der Waals surface area contributed by atoms with E-state index in [1.54, 1.807) is 0 Å². The topological polar surface area (TPSA) is 142 Å². The number of carbonyl (C=O) groups is 2. The average molecular weight is 619 g/mol. The van der Waals surface area contributed by atoms with Crippen LogP contribution in [0.4, 0.5) is 23.3 Å². The molecule has 3 fully saturated rings. The Hall–Kier alpha value is -5.00. The summed E-state index contributed by atoms with van der Waals surface area (Å²) in [6.45, 7) is 4.05. The van der Waals surface area contributed by atoms with Crippen molar-refractivity contribution in [2.75, 3.05) is 46.6 Å². The summed E-state index contributed by atoms with van der Waals surface area (Å²) in [5.41, 5.74) is 3.29. The van der Waals surface area contributed by atoms with E-state index in [1.807, 2.05) is 60.7 Å². The highest BCUT2D eigenvalue weighted by Crippen LogP contribution is 2.40. The molecule has 2 amide bonds. The van der Waals surface area contributed by atoms with E-state index in [0.717, 1.165) is 86.3 Å². The minimum atomic E-state index is -0.167. The predicted octanol–water partition coefficient (Wildman–Crippen LogP) is 4.28. The monoisotopic (exact) mass is 618 g/mol. The highest BCUT2D eigenvalue weighted by Gasteiger charge is 2.27. The molecule has 12 nitrogen and oxygen atoms in total. The van der Waals surface area contributed by atoms with Gasteiger partial charge in [0.15, 0.2) is 11.6 Å². The number of amides is 2. The van der Waals surface area contributed by atoms with Crippen molar-refractivity contribution >= 4 is 35.1 Å². The van der Waals surface area contributed by atoms with Gasteiger partial charge < -0.3 is 20.4 Å². The number of aromatic nitrogens is 6. The number of nitrogens with zero attached hydrogens (tertiary/aromatic N) is 8. The van der Waals surface area contributed by atoms with E-state index < -0.39 is 0 Å². The first kappa shape index (κ1) is 29.7. The molecule has 7 rings (SSSR count). The quantitative estimate of drug-likeness (QED) is 0.264. The Morgan fingerprint density at radius 3 is 1.48 bits per heavy atom. The summed E-state index contributed by atoms with van der Waals surface area (Å²) in [7, 11) is 0. The Bertz CT molecular complexity index is 1550. The minimum Gasteiger partial charge on any atom is -0.356 e. The van der Waals surface area contributed by atoms with Crippen molar-refractivity contribution < 1.29 is 9.59 Å². The van der Waals surface area contributed by atoms with Gasteiger partial charge >= 0.3 is 0 Å². The van der Waals surface area contributed by atoms with Crippen LogP contribution in [0.25, 0.3) is 0 Å². The first-order chi connectivity index (χ1) is 22.6. The molecule has 6 heterocycles. The maximum atomic E-state index is 12.7. The smallest absolute Gasteiger partial charge is 0.231 e. The van der Waals surface area contributed by atoms with Gasteiger partial charge in [0, 0.05) is 38.0 Å². The van der Waals surface area contributed by atoms with Crippen molar-refractivity contribution in [3.05, 3.63) is 83.4 Å². The maximum Gasteiger partial charge on any atom is 0.231 e. The second-order valence-corrected chi connectivity index (χ2v) is 12.4. The van der Waals surface area contributed by atoms with E-state index in [1.165, 1.54) is 12.8 Å². The van der Waals surface area contributed by atoms with Crippen molar-refractivity contribution in [3.63, 3.8) is 0 Å². The molecule has 0 radical (unpaired) electrons. The molecule has 2 saturated heterocycles. The normalized spacial score (nSPS) is 19.1. The summed E-state index contributed by atoms with van der Waals surface area (Å²) in [6.07, 6.45) is 6.69. The summed E-state index contributed by atoms with van der Waals surface area (Å²) in [5, 5.41) is 23.3. The second-order valence-electron chi connectivity index (χ2n) is 12.4. The first-order valence-corrected chi connectivity index (χ1v) is 16.2. The summed E-state index contributed by atoms with van der Waals surface area (Å²) >= 11 is 0. The lowest BCUT2D eigenvalue weighted by Gasteiger charge is -2.32. The number of carbonyl (C=O) groups excluding carboxylic acids is 2. The third-order valence-electron chi connectivity index (χ3n) is 9.04. The SMILES string of the molecule is O=C(Cc1cccc(N2CCC2)n1)Nc1ccc([C@H]2CCC[C@H](c3ccc(NC(=O)Cc4cccc(N5CCC5)n4)nn3)C2)nn1. The molecule has 236 valence electrons. The van der Waals surface area contributed by atoms with Crippen LogP contribution in [0.3, 0.4) is 0 Å². The number of hydrogen-bond donors (Lipinski definition) is 2. The van der Waals surface area contributed by atoms with Crippen LogP contribution in [0.1, 0.15) is 73.1 Å². The van der Waals surface area contributed by atoms with Crippen LogP contribution in [0.5, 0.6) is 0 Å². The van der Waals surface area contributed by atoms with Crippen molar-refractivity contribution in [1.82, 2.24) is 30.4 Å². The average Bonchev–Trinajstić information content (AvgIpc) is 3.00. The van der Waals surface area contributed by atoms with Gasteiger partial charge in [0.2, 0.25) is 11.8 Å². The molecule has 1 aliphatic carbocycles. The van der Waals surface area contributed by atoms with Gasteiger partial charge in [-0.15, -0.1) is 10.2 Å². The third-order valence-corrected chi connectivity index (χ3v) is 9.04. The van der Waals surface area contributed by atoms with Gasteiger partial charge in [-0.1, -0.05) is 18.6 Å². The van der Waals surface area contributed by atoms with E-state index in [4.69, 9.17) is 0 Å². The Kier molecular flexibility index (Phi) is 8.75. The molecule has 3 aliphatic rings. The zero-order valence-electron chi connectivity index (χ0n) is 25.8. The minimum absolute atomic E-state index is 0.167. The zero-order chi connectivity index (χ0) is 31.3. The molecule has 2 aliphatic heterocycles. The number of rotatable bonds is 10. The Labute approximate surface area is 268 Å². The fourth-order valence-electron chi connectivity index (χ4n) is 6.26. The molecule has 0 spiro atoms. The fourth-order valence-corrected chi connectivity index (χ4v) is 6.26. The standard InChI is InChI=1S/C34H38N10O2/c45-33(21-25-8-2-10-31(35-25)43-16-4-17-43)37-29-14-12-27(39-41-29)23-6-1-7-24(20-23)28-13-15-30(42-40-28)38-34(46)22-26-9-3-11-32(36-26)44-18-5-19-44/h2-3,8-15,23-24H,1,4-7,16-22H2,(H,37,41,45)(H,38,42,46)/t23-,24-/m0/s1. The Morgan fingerprint density at radius 1 is 0.609 bits per heavy atom. The van der Waals surface area contributed by atoms with Gasteiger partial charge in [-0.2, -0.15) is 10.2 Å². The van der Waals surface area contributed by atoms with Gasteiger partial charge in [0.1, 0.15) is 11.6 Å². The largest absolute Gasteiger partial charge is 0.356 e. The van der Waals surface area contributed by atoms with Crippen LogP contribution in [0.2, 0.25) is 0 Å². The number of pyridine rings is 2. The van der Waals surface area contributed by atoms with E-state index in [9.17, 15) is 9.59 Å². The van der Waals surface area contributed by atoms with E-state index in [-0.39, 0.29) is 36.5 Å². The van der Waals surface area contributed by atoms with Crippen molar-refractivity contribution in [1.29, 1.82) is 0 Å². The lowest BCUT2D eigenvalue weighted by Crippen LogP contribution is -2.37. The summed E-state index contributed by atoms with van der Waals surface area (Å²) in [5.74, 6) is 2.86. The van der Waals surface area contributed by atoms with Gasteiger partial charge in [-0.05, 0) is 80.6 Å². The lowest BCUT2D eigenvalue weighted by atomic mass is 9.78. The van der Waals surface area contributed by atoms with Gasteiger partial charge in [-0.25, -0.2) is 9.97 Å². The van der Waals surface area contributed by atoms with E-state index >= 15 is 0 Å². The first-order valence-electron chi connectivity index (χ1n) is 16.2. The molecule has 2 atom stereocenters. The van der Waals surface area contributed by atoms with Gasteiger partial charge in [0.05, 0.1) is 35.6 Å². The lowest BCUT2D eigenvalue weighted by molar-refractivity contribution is -0.116. The fraction of sp³-hybridized carbons (Fsp3) is 0.412. The molecule has 0 unspecified atom stereocenters. The molecule has 4 aromatic heterocycles. The van der Waals surface area contributed by atoms with Crippen LogP contribution in [0, 0.1) is 0 Å². The molecule has 1 saturated carbocycles. The van der Waals surface area contributed by atoms with Gasteiger partial charge in [-0.3, -0.25) is 9.59 Å². The van der Waals surface area contributed by atoms with Crippen LogP contribution in [-0.4, -0.2) is 68.4 Å². The molecular formula is C34H38N10O2.